The van der Waals surface area contributed by atoms with E-state index in [-0.39, 0.29) is 17.5 Å². The highest BCUT2D eigenvalue weighted by atomic mass is 32.2. The minimum absolute atomic E-state index is 0.113. The van der Waals surface area contributed by atoms with Crippen LogP contribution in [0, 0.1) is 0 Å². The lowest BCUT2D eigenvalue weighted by atomic mass is 10.3. The van der Waals surface area contributed by atoms with Crippen molar-refractivity contribution in [3.63, 3.8) is 0 Å². The fourth-order valence-electron chi connectivity index (χ4n) is 1.61. The number of nitrogens with one attached hydrogen (secondary N) is 1. The Balaban J connectivity index is 2.69. The summed E-state index contributed by atoms with van der Waals surface area (Å²) in [5.41, 5.74) is 0. The fraction of sp³-hybridized carbons (Fsp3) is 1.00. The van der Waals surface area contributed by atoms with Crippen LogP contribution in [0.1, 0.15) is 6.92 Å². The lowest BCUT2D eigenvalue weighted by molar-refractivity contribution is 0.284. The summed E-state index contributed by atoms with van der Waals surface area (Å²) in [6.07, 6.45) is 1.05. The van der Waals surface area contributed by atoms with E-state index in [0.717, 1.165) is 6.26 Å². The molecule has 1 saturated heterocycles. The van der Waals surface area contributed by atoms with Gasteiger partial charge in [0.25, 0.3) is 0 Å². The summed E-state index contributed by atoms with van der Waals surface area (Å²) in [5.74, 6) is -0.637. The first-order chi connectivity index (χ1) is 7.22. The van der Waals surface area contributed by atoms with Crippen molar-refractivity contribution < 1.29 is 16.8 Å². The molecule has 1 atom stereocenters. The van der Waals surface area contributed by atoms with Crippen LogP contribution in [0.25, 0.3) is 0 Å². The van der Waals surface area contributed by atoms with Gasteiger partial charge in [0.2, 0.25) is 10.0 Å². The highest BCUT2D eigenvalue weighted by Gasteiger charge is 2.29. The molecule has 0 bridgehead atoms. The van der Waals surface area contributed by atoms with Gasteiger partial charge in [-0.3, -0.25) is 0 Å². The lowest BCUT2D eigenvalue weighted by Crippen LogP contribution is -2.53. The first-order valence-electron chi connectivity index (χ1n) is 5.10. The Hall–Kier alpha value is -0.180. The van der Waals surface area contributed by atoms with Crippen LogP contribution < -0.4 is 5.32 Å². The van der Waals surface area contributed by atoms with Gasteiger partial charge in [0.05, 0.1) is 11.5 Å². The van der Waals surface area contributed by atoms with Crippen LogP contribution >= 0.6 is 0 Å². The van der Waals surface area contributed by atoms with Crippen molar-refractivity contribution in [3.8, 4) is 0 Å². The van der Waals surface area contributed by atoms with E-state index in [1.807, 2.05) is 6.92 Å². The van der Waals surface area contributed by atoms with Crippen molar-refractivity contribution in [1.29, 1.82) is 0 Å². The maximum absolute atomic E-state index is 11.9. The Morgan fingerprint density at radius 1 is 1.25 bits per heavy atom. The first kappa shape index (κ1) is 13.9. The smallest absolute Gasteiger partial charge is 0.215 e. The summed E-state index contributed by atoms with van der Waals surface area (Å²) in [7, 11) is -6.69. The molecule has 0 amide bonds. The standard InChI is InChI=1S/C8H18N2O4S2/c1-8-7-9-3-4-10(8)16(13,14)6-5-15(2,11)12/h8-9H,3-7H2,1-2H3/t8-/m1/s1. The molecule has 0 radical (unpaired) electrons. The van der Waals surface area contributed by atoms with Gasteiger partial charge in [-0.1, -0.05) is 0 Å². The first-order valence-corrected chi connectivity index (χ1v) is 8.77. The monoisotopic (exact) mass is 270 g/mol. The van der Waals surface area contributed by atoms with E-state index in [1.165, 1.54) is 4.31 Å². The lowest BCUT2D eigenvalue weighted by Gasteiger charge is -2.32. The molecule has 1 aliphatic rings. The van der Waals surface area contributed by atoms with Crippen molar-refractivity contribution >= 4 is 19.9 Å². The van der Waals surface area contributed by atoms with Gasteiger partial charge < -0.3 is 5.32 Å². The number of sulfone groups is 1. The van der Waals surface area contributed by atoms with E-state index < -0.39 is 19.9 Å². The molecule has 1 aliphatic heterocycles. The minimum atomic E-state index is -3.45. The molecule has 96 valence electrons. The third-order valence-electron chi connectivity index (χ3n) is 2.51. The van der Waals surface area contributed by atoms with Crippen LogP contribution in [0.3, 0.4) is 0 Å². The van der Waals surface area contributed by atoms with Crippen molar-refractivity contribution in [3.05, 3.63) is 0 Å². The molecule has 0 spiro atoms. The van der Waals surface area contributed by atoms with Crippen molar-refractivity contribution in [2.75, 3.05) is 37.4 Å². The SMILES string of the molecule is C[C@@H]1CNCCN1S(=O)(=O)CCS(C)(=O)=O. The maximum atomic E-state index is 11.9. The quantitative estimate of drug-likeness (QED) is 0.683. The molecule has 8 heteroatoms. The van der Waals surface area contributed by atoms with Crippen LogP contribution in [0.15, 0.2) is 0 Å². The topological polar surface area (TPSA) is 83.6 Å². The third-order valence-corrected chi connectivity index (χ3v) is 5.69. The fourth-order valence-corrected chi connectivity index (χ4v) is 4.89. The van der Waals surface area contributed by atoms with E-state index >= 15 is 0 Å². The highest BCUT2D eigenvalue weighted by molar-refractivity contribution is 7.93. The molecule has 1 fully saturated rings. The van der Waals surface area contributed by atoms with E-state index in [1.54, 1.807) is 0 Å². The van der Waals surface area contributed by atoms with Crippen LogP contribution in [0.2, 0.25) is 0 Å². The van der Waals surface area contributed by atoms with Gasteiger partial charge in [-0.25, -0.2) is 16.8 Å². The van der Waals surface area contributed by atoms with Crippen LogP contribution in [-0.2, 0) is 19.9 Å². The molecule has 0 saturated carbocycles. The number of rotatable bonds is 4. The summed E-state index contributed by atoms with van der Waals surface area (Å²) in [6, 6.07) is -0.113. The average Bonchev–Trinajstić information content (AvgIpc) is 2.14. The summed E-state index contributed by atoms with van der Waals surface area (Å²) < 4.78 is 47.0. The molecule has 1 N–H and O–H groups in total. The van der Waals surface area contributed by atoms with Crippen LogP contribution in [0.4, 0.5) is 0 Å². The van der Waals surface area contributed by atoms with Crippen LogP contribution in [0.5, 0.6) is 0 Å². The van der Waals surface area contributed by atoms with Gasteiger partial charge in [0.1, 0.15) is 9.84 Å². The second kappa shape index (κ2) is 4.99. The van der Waals surface area contributed by atoms with E-state index in [2.05, 4.69) is 5.32 Å². The maximum Gasteiger partial charge on any atom is 0.215 e. The molecule has 6 nitrogen and oxygen atoms in total. The van der Waals surface area contributed by atoms with Gasteiger partial charge in [0.15, 0.2) is 0 Å². The van der Waals surface area contributed by atoms with Gasteiger partial charge in [0, 0.05) is 31.9 Å². The predicted molar refractivity (Wildman–Crippen MR) is 62.5 cm³/mol. The van der Waals surface area contributed by atoms with Gasteiger partial charge in [-0.2, -0.15) is 4.31 Å². The Kier molecular flexibility index (Phi) is 4.33. The van der Waals surface area contributed by atoms with Crippen molar-refractivity contribution in [1.82, 2.24) is 9.62 Å². The van der Waals surface area contributed by atoms with Crippen molar-refractivity contribution in [2.45, 2.75) is 13.0 Å². The van der Waals surface area contributed by atoms with E-state index in [4.69, 9.17) is 0 Å². The Morgan fingerprint density at radius 3 is 2.38 bits per heavy atom. The summed E-state index contributed by atoms with van der Waals surface area (Å²) in [6.45, 7) is 3.44. The molecule has 0 aromatic carbocycles. The summed E-state index contributed by atoms with van der Waals surface area (Å²) in [5, 5.41) is 3.08. The molecule has 16 heavy (non-hydrogen) atoms. The molecule has 0 unspecified atom stereocenters. The zero-order valence-electron chi connectivity index (χ0n) is 9.51. The highest BCUT2D eigenvalue weighted by Crippen LogP contribution is 2.10. The second-order valence-electron chi connectivity index (χ2n) is 4.11. The summed E-state index contributed by atoms with van der Waals surface area (Å²) in [4.78, 5) is 0. The van der Waals surface area contributed by atoms with Crippen LogP contribution in [-0.4, -0.2) is 64.6 Å². The number of hydrogen-bond donors (Lipinski definition) is 1. The molecule has 1 rings (SSSR count). The Bertz CT molecular complexity index is 429. The molecule has 0 aliphatic carbocycles. The number of nitrogens with zero attached hydrogens (tertiary/aromatic N) is 1. The molecule has 0 aromatic heterocycles. The number of hydrogen-bond acceptors (Lipinski definition) is 5. The predicted octanol–water partition coefficient (Wildman–Crippen LogP) is -1.35. The number of piperazine rings is 1. The Labute approximate surface area is 97.0 Å². The zero-order chi connectivity index (χ0) is 12.4. The normalized spacial score (nSPS) is 24.5. The summed E-state index contributed by atoms with van der Waals surface area (Å²) >= 11 is 0. The largest absolute Gasteiger partial charge is 0.314 e. The van der Waals surface area contributed by atoms with Gasteiger partial charge >= 0.3 is 0 Å². The minimum Gasteiger partial charge on any atom is -0.314 e. The Morgan fingerprint density at radius 2 is 1.88 bits per heavy atom. The van der Waals surface area contributed by atoms with Crippen molar-refractivity contribution in [2.24, 2.45) is 0 Å². The van der Waals surface area contributed by atoms with E-state index in [9.17, 15) is 16.8 Å². The molecular weight excluding hydrogens is 252 g/mol. The second-order valence-corrected chi connectivity index (χ2v) is 8.41. The zero-order valence-corrected chi connectivity index (χ0v) is 11.1. The van der Waals surface area contributed by atoms with E-state index in [0.29, 0.717) is 19.6 Å². The van der Waals surface area contributed by atoms with Gasteiger partial charge in [-0.05, 0) is 6.92 Å². The van der Waals surface area contributed by atoms with Gasteiger partial charge in [-0.15, -0.1) is 0 Å². The molecular formula is C8H18N2O4S2. The molecule has 0 aromatic rings. The molecule has 1 heterocycles. The average molecular weight is 270 g/mol. The number of sulfonamides is 1. The third kappa shape index (κ3) is 4.00.